The Morgan fingerprint density at radius 1 is 1.55 bits per heavy atom. The molecule has 0 aliphatic carbocycles. The van der Waals surface area contributed by atoms with Crippen LogP contribution in [0.1, 0.15) is 25.3 Å². The summed E-state index contributed by atoms with van der Waals surface area (Å²) in [6.07, 6.45) is 1.12. The Kier molecular flexibility index (Phi) is 5.99. The van der Waals surface area contributed by atoms with Crippen LogP contribution >= 0.6 is 0 Å². The largest absolute Gasteiger partial charge is 0.409 e. The molecule has 110 valence electrons. The quantitative estimate of drug-likeness (QED) is 0.358. The van der Waals surface area contributed by atoms with E-state index in [1.807, 2.05) is 6.92 Å². The topological polar surface area (TPSA) is 88.2 Å². The molecular weight excluding hydrogens is 258 g/mol. The van der Waals surface area contributed by atoms with Crippen LogP contribution < -0.4 is 10.6 Å². The number of carbonyl (C=O) groups excluding carboxylic acids is 1. The van der Waals surface area contributed by atoms with Gasteiger partial charge in [-0.2, -0.15) is 0 Å². The van der Waals surface area contributed by atoms with E-state index < -0.39 is 0 Å². The smallest absolute Gasteiger partial charge is 0.226 e. The number of oxime groups is 1. The highest BCUT2D eigenvalue weighted by Crippen LogP contribution is 2.16. The fourth-order valence-corrected chi connectivity index (χ4v) is 1.69. The van der Waals surface area contributed by atoms with Crippen LogP contribution in [-0.2, 0) is 9.53 Å². The SMILES string of the molecule is COC(C)CCC(=O)N(C)c1cccc(/C(N)=N/O)c1. The van der Waals surface area contributed by atoms with Gasteiger partial charge in [-0.1, -0.05) is 17.3 Å². The molecule has 0 saturated carbocycles. The van der Waals surface area contributed by atoms with Gasteiger partial charge in [0.05, 0.1) is 6.10 Å². The van der Waals surface area contributed by atoms with Gasteiger partial charge in [-0.15, -0.1) is 0 Å². The van der Waals surface area contributed by atoms with Crippen LogP contribution in [0.15, 0.2) is 29.4 Å². The van der Waals surface area contributed by atoms with E-state index in [2.05, 4.69) is 5.16 Å². The molecule has 0 radical (unpaired) electrons. The average Bonchev–Trinajstić information content (AvgIpc) is 2.50. The third-order valence-corrected chi connectivity index (χ3v) is 3.18. The lowest BCUT2D eigenvalue weighted by molar-refractivity contribution is -0.118. The van der Waals surface area contributed by atoms with Crippen molar-refractivity contribution in [2.45, 2.75) is 25.9 Å². The molecule has 1 aromatic carbocycles. The van der Waals surface area contributed by atoms with Gasteiger partial charge in [0.1, 0.15) is 0 Å². The van der Waals surface area contributed by atoms with Crippen molar-refractivity contribution in [3.8, 4) is 0 Å². The highest BCUT2D eigenvalue weighted by Gasteiger charge is 2.13. The normalized spacial score (nSPS) is 13.1. The Labute approximate surface area is 118 Å². The van der Waals surface area contributed by atoms with Gasteiger partial charge in [0.25, 0.3) is 0 Å². The Bertz CT molecular complexity index is 488. The number of methoxy groups -OCH3 is 1. The third-order valence-electron chi connectivity index (χ3n) is 3.18. The van der Waals surface area contributed by atoms with Crippen molar-refractivity contribution in [1.29, 1.82) is 0 Å². The maximum atomic E-state index is 12.1. The minimum atomic E-state index is -0.00874. The molecular formula is C14H21N3O3. The molecule has 1 unspecified atom stereocenters. The molecule has 0 fully saturated rings. The summed E-state index contributed by atoms with van der Waals surface area (Å²) >= 11 is 0. The van der Waals surface area contributed by atoms with E-state index in [0.717, 1.165) is 0 Å². The van der Waals surface area contributed by atoms with Crippen LogP contribution in [-0.4, -0.2) is 37.2 Å². The van der Waals surface area contributed by atoms with Crippen LogP contribution in [0.2, 0.25) is 0 Å². The van der Waals surface area contributed by atoms with Crippen LogP contribution in [0.3, 0.4) is 0 Å². The number of hydrogen-bond donors (Lipinski definition) is 2. The minimum Gasteiger partial charge on any atom is -0.409 e. The maximum Gasteiger partial charge on any atom is 0.226 e. The monoisotopic (exact) mass is 279 g/mol. The molecule has 1 amide bonds. The number of nitrogens with two attached hydrogens (primary N) is 1. The summed E-state index contributed by atoms with van der Waals surface area (Å²) in [6, 6.07) is 6.96. The van der Waals surface area contributed by atoms with E-state index in [0.29, 0.717) is 24.1 Å². The molecule has 0 aliphatic heterocycles. The van der Waals surface area contributed by atoms with Crippen LogP contribution in [0.25, 0.3) is 0 Å². The Balaban J connectivity index is 2.76. The molecule has 20 heavy (non-hydrogen) atoms. The van der Waals surface area contributed by atoms with Crippen molar-refractivity contribution in [3.63, 3.8) is 0 Å². The molecule has 6 heteroatoms. The lowest BCUT2D eigenvalue weighted by atomic mass is 10.1. The zero-order valence-corrected chi connectivity index (χ0v) is 12.0. The van der Waals surface area contributed by atoms with Gasteiger partial charge in [0, 0.05) is 31.8 Å². The van der Waals surface area contributed by atoms with E-state index in [1.165, 1.54) is 0 Å². The summed E-state index contributed by atoms with van der Waals surface area (Å²) in [4.78, 5) is 13.6. The first-order chi connectivity index (χ1) is 9.49. The van der Waals surface area contributed by atoms with Gasteiger partial charge >= 0.3 is 0 Å². The summed E-state index contributed by atoms with van der Waals surface area (Å²) in [5.41, 5.74) is 6.80. The Morgan fingerprint density at radius 2 is 2.25 bits per heavy atom. The van der Waals surface area contributed by atoms with Crippen molar-refractivity contribution in [2.75, 3.05) is 19.1 Å². The van der Waals surface area contributed by atoms with E-state index in [9.17, 15) is 4.79 Å². The van der Waals surface area contributed by atoms with Crippen molar-refractivity contribution >= 4 is 17.4 Å². The summed E-state index contributed by atoms with van der Waals surface area (Å²) < 4.78 is 5.12. The first-order valence-electron chi connectivity index (χ1n) is 6.37. The van der Waals surface area contributed by atoms with E-state index in [1.54, 1.807) is 43.3 Å². The van der Waals surface area contributed by atoms with Gasteiger partial charge in [-0.25, -0.2) is 0 Å². The van der Waals surface area contributed by atoms with Gasteiger partial charge in [-0.3, -0.25) is 4.79 Å². The second kappa shape index (κ2) is 7.49. The number of nitrogens with zero attached hydrogens (tertiary/aromatic N) is 2. The molecule has 0 heterocycles. The van der Waals surface area contributed by atoms with Gasteiger partial charge in [0.2, 0.25) is 5.91 Å². The van der Waals surface area contributed by atoms with Crippen LogP contribution in [0.4, 0.5) is 5.69 Å². The fourth-order valence-electron chi connectivity index (χ4n) is 1.69. The molecule has 0 spiro atoms. The number of ether oxygens (including phenoxy) is 1. The number of rotatable bonds is 6. The standard InChI is InChI=1S/C14H21N3O3/c1-10(20-3)7-8-13(18)17(2)12-6-4-5-11(9-12)14(15)16-19/h4-6,9-10,19H,7-8H2,1-3H3,(H2,15,16). The summed E-state index contributed by atoms with van der Waals surface area (Å²) in [5, 5.41) is 11.6. The van der Waals surface area contributed by atoms with Crippen molar-refractivity contribution in [3.05, 3.63) is 29.8 Å². The van der Waals surface area contributed by atoms with Crippen molar-refractivity contribution in [2.24, 2.45) is 10.9 Å². The van der Waals surface area contributed by atoms with E-state index in [-0.39, 0.29) is 17.8 Å². The molecule has 0 aliphatic rings. The highest BCUT2D eigenvalue weighted by atomic mass is 16.5. The zero-order valence-electron chi connectivity index (χ0n) is 12.0. The predicted molar refractivity (Wildman–Crippen MR) is 78.1 cm³/mol. The van der Waals surface area contributed by atoms with E-state index in [4.69, 9.17) is 15.7 Å². The number of amidine groups is 1. The molecule has 3 N–H and O–H groups in total. The number of amides is 1. The molecule has 1 aromatic rings. The summed E-state index contributed by atoms with van der Waals surface area (Å²) in [6.45, 7) is 1.92. The van der Waals surface area contributed by atoms with Gasteiger partial charge in [0.15, 0.2) is 5.84 Å². The number of benzene rings is 1. The lowest BCUT2D eigenvalue weighted by Crippen LogP contribution is -2.27. The molecule has 1 rings (SSSR count). The zero-order chi connectivity index (χ0) is 15.1. The first kappa shape index (κ1) is 16.0. The van der Waals surface area contributed by atoms with Gasteiger partial charge in [-0.05, 0) is 25.5 Å². The Hall–Kier alpha value is -2.08. The fraction of sp³-hybridized carbons (Fsp3) is 0.429. The average molecular weight is 279 g/mol. The van der Waals surface area contributed by atoms with Crippen molar-refractivity contribution < 1.29 is 14.7 Å². The number of carbonyl (C=O) groups is 1. The van der Waals surface area contributed by atoms with E-state index >= 15 is 0 Å². The highest BCUT2D eigenvalue weighted by molar-refractivity contribution is 5.99. The molecule has 1 atom stereocenters. The van der Waals surface area contributed by atoms with Crippen LogP contribution in [0, 0.1) is 0 Å². The minimum absolute atomic E-state index is 0.00874. The van der Waals surface area contributed by atoms with Crippen molar-refractivity contribution in [1.82, 2.24) is 0 Å². The molecule has 0 saturated heterocycles. The molecule has 0 bridgehead atoms. The third kappa shape index (κ3) is 4.24. The maximum absolute atomic E-state index is 12.1. The first-order valence-corrected chi connectivity index (χ1v) is 6.37. The van der Waals surface area contributed by atoms with Gasteiger partial charge < -0.3 is 20.6 Å². The summed E-state index contributed by atoms with van der Waals surface area (Å²) in [7, 11) is 3.32. The predicted octanol–water partition coefficient (Wildman–Crippen LogP) is 1.56. The second-order valence-electron chi connectivity index (χ2n) is 4.57. The number of hydrogen-bond acceptors (Lipinski definition) is 4. The molecule has 0 aromatic heterocycles. The van der Waals surface area contributed by atoms with Crippen LogP contribution in [0.5, 0.6) is 0 Å². The Morgan fingerprint density at radius 3 is 2.85 bits per heavy atom. The summed E-state index contributed by atoms with van der Waals surface area (Å²) in [5.74, 6) is 0.00580. The lowest BCUT2D eigenvalue weighted by Gasteiger charge is -2.19. The number of anilines is 1. The second-order valence-corrected chi connectivity index (χ2v) is 4.57. The molecule has 6 nitrogen and oxygen atoms in total.